The molecular weight excluding hydrogens is 1060 g/mol. The average molecular weight is 1190 g/mol. The summed E-state index contributed by atoms with van der Waals surface area (Å²) in [5, 5.41) is 0. The normalized spacial score (nSPS) is 25.0. The third kappa shape index (κ3) is 49.3. The highest BCUT2D eigenvalue weighted by atomic mass is 16.5. The Kier molecular flexibility index (Phi) is 54.0. The molecule has 490 valence electrons. The molecule has 9 unspecified atom stereocenters. The van der Waals surface area contributed by atoms with Gasteiger partial charge in [0, 0.05) is 48.3 Å². The first-order chi connectivity index (χ1) is 41.8. The standard InChI is InChI=1S/C17H34O3.C15H28O3.2C11H22.2C7H8.2C6H6/c1-5-14(2)12-20-13-15-10-16(18-3)8-6-7-9-17(11-15)19-4;1-4-9-18-12-13-10-14(16-2)7-5-6-8-15(11-13)17-3;2*1-10-6-3-4-7-11(2)9-5-8-10;2*1-7-5-3-2-4-6-7;2*1-2-4-6-5-3-1/h14-17H,5-13H2,1-4H3;4,13-15H,1,5-12H2,2-3H3;2*10-11H,3-9H2,1-2H3;2*2-6H,1H3;2*1-6H. The molecule has 0 bridgehead atoms. The number of benzene rings is 4. The lowest BCUT2D eigenvalue weighted by molar-refractivity contribution is 0.00967. The largest absolute Gasteiger partial charge is 0.381 e. The Morgan fingerprint density at radius 3 is 0.860 bits per heavy atom. The average Bonchev–Trinajstić information content (AvgIpc) is 3.89. The first-order valence-electron chi connectivity index (χ1n) is 34.8. The van der Waals surface area contributed by atoms with Gasteiger partial charge in [-0.25, -0.2) is 0 Å². The van der Waals surface area contributed by atoms with Crippen LogP contribution in [0.15, 0.2) is 146 Å². The zero-order valence-electron chi connectivity index (χ0n) is 57.7. The minimum Gasteiger partial charge on any atom is -0.381 e. The lowest BCUT2D eigenvalue weighted by Gasteiger charge is -2.24. The molecule has 4 fully saturated rings. The molecule has 4 aromatic rings. The number of methoxy groups -OCH3 is 4. The summed E-state index contributed by atoms with van der Waals surface area (Å²) in [5.41, 5.74) is 2.64. The van der Waals surface area contributed by atoms with Gasteiger partial charge in [0.05, 0.1) is 31.0 Å². The minimum absolute atomic E-state index is 0.373. The third-order valence-corrected chi connectivity index (χ3v) is 17.7. The molecule has 86 heavy (non-hydrogen) atoms. The van der Waals surface area contributed by atoms with Crippen LogP contribution >= 0.6 is 0 Å². The summed E-state index contributed by atoms with van der Waals surface area (Å²) in [6.07, 6.45) is 39.2. The quantitative estimate of drug-likeness (QED) is 0.0982. The van der Waals surface area contributed by atoms with Gasteiger partial charge in [-0.1, -0.05) is 314 Å². The molecule has 0 aromatic heterocycles. The SMILES string of the molecule is C=CCOCC1CC(OC)CCCCC(OC)C1.CC1CCCCC(C)CCC1.CC1CCCCC(C)CCC1.CCC(C)COCC1CC(OC)CCCCC(OC)C1.Cc1ccccc1.Cc1ccccc1.c1ccccc1.c1ccccc1. The van der Waals surface area contributed by atoms with Crippen molar-refractivity contribution < 1.29 is 28.4 Å². The van der Waals surface area contributed by atoms with Crippen LogP contribution in [0.5, 0.6) is 0 Å². The van der Waals surface area contributed by atoms with E-state index < -0.39 is 0 Å². The van der Waals surface area contributed by atoms with E-state index in [-0.39, 0.29) is 0 Å². The van der Waals surface area contributed by atoms with Gasteiger partial charge in [-0.3, -0.25) is 0 Å². The second-order valence-electron chi connectivity index (χ2n) is 26.0. The first-order valence-corrected chi connectivity index (χ1v) is 34.8. The van der Waals surface area contributed by atoms with E-state index in [1.54, 1.807) is 6.08 Å². The van der Waals surface area contributed by atoms with Crippen molar-refractivity contribution in [1.29, 1.82) is 0 Å². The Balaban J connectivity index is 0.000000511. The number of aryl methyl sites for hydroxylation is 2. The molecule has 0 N–H and O–H groups in total. The van der Waals surface area contributed by atoms with Crippen LogP contribution in [0.4, 0.5) is 0 Å². The summed E-state index contributed by atoms with van der Waals surface area (Å²) in [6.45, 7) is 25.1. The Morgan fingerprint density at radius 1 is 0.384 bits per heavy atom. The van der Waals surface area contributed by atoms with Crippen molar-refractivity contribution in [1.82, 2.24) is 0 Å². The Labute approximate surface area is 532 Å². The summed E-state index contributed by atoms with van der Waals surface area (Å²) in [4.78, 5) is 0. The molecule has 0 amide bonds. The van der Waals surface area contributed by atoms with E-state index in [0.29, 0.717) is 48.8 Å². The fourth-order valence-electron chi connectivity index (χ4n) is 11.7. The topological polar surface area (TPSA) is 55.4 Å². The molecule has 6 heteroatoms. The van der Waals surface area contributed by atoms with Gasteiger partial charge in [0.2, 0.25) is 0 Å². The highest BCUT2D eigenvalue weighted by Gasteiger charge is 2.24. The summed E-state index contributed by atoms with van der Waals surface area (Å²) in [7, 11) is 7.32. The summed E-state index contributed by atoms with van der Waals surface area (Å²) < 4.78 is 34.0. The van der Waals surface area contributed by atoms with Gasteiger partial charge in [0.25, 0.3) is 0 Å². The first kappa shape index (κ1) is 80.4. The minimum atomic E-state index is 0.373. The van der Waals surface area contributed by atoms with Crippen molar-refractivity contribution in [3.63, 3.8) is 0 Å². The number of hydrogen-bond donors (Lipinski definition) is 0. The van der Waals surface area contributed by atoms with Gasteiger partial charge < -0.3 is 28.4 Å². The van der Waals surface area contributed by atoms with Crippen molar-refractivity contribution in [2.24, 2.45) is 41.4 Å². The number of hydrogen-bond acceptors (Lipinski definition) is 6. The fourth-order valence-corrected chi connectivity index (χ4v) is 11.7. The van der Waals surface area contributed by atoms with E-state index in [1.165, 1.54) is 146 Å². The molecule has 9 atom stereocenters. The molecule has 4 aliphatic rings. The molecule has 4 saturated carbocycles. The molecule has 0 saturated heterocycles. The summed E-state index contributed by atoms with van der Waals surface area (Å²) >= 11 is 0. The molecular formula is C80H134O6. The van der Waals surface area contributed by atoms with Crippen molar-refractivity contribution in [2.45, 2.75) is 253 Å². The van der Waals surface area contributed by atoms with Crippen molar-refractivity contribution >= 4 is 0 Å². The zero-order valence-corrected chi connectivity index (χ0v) is 57.7. The summed E-state index contributed by atoms with van der Waals surface area (Å²) in [5.74, 6) is 5.74. The van der Waals surface area contributed by atoms with Gasteiger partial charge in [-0.05, 0) is 107 Å². The molecule has 0 spiro atoms. The van der Waals surface area contributed by atoms with Gasteiger partial charge in [-0.2, -0.15) is 0 Å². The van der Waals surface area contributed by atoms with Gasteiger partial charge in [0.1, 0.15) is 0 Å². The molecule has 4 aliphatic carbocycles. The second-order valence-corrected chi connectivity index (χ2v) is 26.0. The lowest BCUT2D eigenvalue weighted by atomic mass is 9.95. The number of rotatable bonds is 13. The zero-order chi connectivity index (χ0) is 62.9. The third-order valence-electron chi connectivity index (χ3n) is 17.7. The monoisotopic (exact) mass is 1190 g/mol. The van der Waals surface area contributed by atoms with Crippen LogP contribution in [-0.4, -0.2) is 79.3 Å². The van der Waals surface area contributed by atoms with Crippen molar-refractivity contribution in [2.75, 3.05) is 54.9 Å². The predicted octanol–water partition coefficient (Wildman–Crippen LogP) is 22.6. The van der Waals surface area contributed by atoms with Crippen LogP contribution in [-0.2, 0) is 28.4 Å². The Bertz CT molecular complexity index is 1750. The van der Waals surface area contributed by atoms with Crippen LogP contribution in [0, 0.1) is 55.3 Å². The van der Waals surface area contributed by atoms with E-state index in [9.17, 15) is 0 Å². The highest BCUT2D eigenvalue weighted by Crippen LogP contribution is 2.29. The van der Waals surface area contributed by atoms with Gasteiger partial charge in [-0.15, -0.1) is 6.58 Å². The molecule has 0 heterocycles. The van der Waals surface area contributed by atoms with Crippen LogP contribution in [0.1, 0.15) is 226 Å². The van der Waals surface area contributed by atoms with Crippen molar-refractivity contribution in [3.05, 3.63) is 157 Å². The summed E-state index contributed by atoms with van der Waals surface area (Å²) in [6, 6.07) is 44.5. The van der Waals surface area contributed by atoms with E-state index in [2.05, 4.69) is 86.2 Å². The van der Waals surface area contributed by atoms with Crippen LogP contribution < -0.4 is 0 Å². The maximum Gasteiger partial charge on any atom is 0.0644 e. The fraction of sp³-hybridized carbons (Fsp3) is 0.675. The Hall–Kier alpha value is -3.62. The van der Waals surface area contributed by atoms with E-state index >= 15 is 0 Å². The smallest absolute Gasteiger partial charge is 0.0644 e. The van der Waals surface area contributed by atoms with E-state index in [1.807, 2.05) is 138 Å². The van der Waals surface area contributed by atoms with E-state index in [4.69, 9.17) is 28.4 Å². The van der Waals surface area contributed by atoms with Crippen LogP contribution in [0.3, 0.4) is 0 Å². The van der Waals surface area contributed by atoms with Crippen LogP contribution in [0.2, 0.25) is 0 Å². The molecule has 0 aliphatic heterocycles. The van der Waals surface area contributed by atoms with Gasteiger partial charge in [0.15, 0.2) is 0 Å². The van der Waals surface area contributed by atoms with Gasteiger partial charge >= 0.3 is 0 Å². The maximum atomic E-state index is 5.94. The molecule has 8 rings (SSSR count). The number of ether oxygens (including phenoxy) is 6. The Morgan fingerprint density at radius 2 is 0.628 bits per heavy atom. The molecule has 6 nitrogen and oxygen atoms in total. The van der Waals surface area contributed by atoms with Crippen molar-refractivity contribution in [3.8, 4) is 0 Å². The van der Waals surface area contributed by atoms with Crippen LogP contribution in [0.25, 0.3) is 0 Å². The molecule has 4 aromatic carbocycles. The predicted molar refractivity (Wildman–Crippen MR) is 373 cm³/mol. The highest BCUT2D eigenvalue weighted by molar-refractivity contribution is 5.12. The lowest BCUT2D eigenvalue weighted by Crippen LogP contribution is -2.24. The molecule has 0 radical (unpaired) electrons. The second kappa shape index (κ2) is 57.8. The van der Waals surface area contributed by atoms with E-state index in [0.717, 1.165) is 82.0 Å². The maximum absolute atomic E-state index is 5.94.